The van der Waals surface area contributed by atoms with Crippen LogP contribution in [-0.4, -0.2) is 23.3 Å². The summed E-state index contributed by atoms with van der Waals surface area (Å²) < 4.78 is 18.3. The second-order valence-electron chi connectivity index (χ2n) is 5.18. The van der Waals surface area contributed by atoms with E-state index < -0.39 is 17.6 Å². The number of hydrogen-bond donors (Lipinski definition) is 2. The lowest BCUT2D eigenvalue weighted by molar-refractivity contribution is -0.115. The number of halogens is 1. The second-order valence-corrected chi connectivity index (χ2v) is 5.18. The molecule has 0 atom stereocenters. The molecule has 0 fully saturated rings. The van der Waals surface area contributed by atoms with Crippen molar-refractivity contribution in [1.82, 2.24) is 10.3 Å². The molecule has 2 N–H and O–H groups in total. The summed E-state index contributed by atoms with van der Waals surface area (Å²) in [4.78, 5) is 27.6. The third kappa shape index (κ3) is 4.29. The van der Waals surface area contributed by atoms with E-state index in [-0.39, 0.29) is 12.1 Å². The van der Waals surface area contributed by atoms with E-state index in [1.807, 2.05) is 0 Å². The number of benzene rings is 2. The highest BCUT2D eigenvalue weighted by atomic mass is 19.1. The Labute approximate surface area is 142 Å². The first-order valence-corrected chi connectivity index (χ1v) is 7.44. The third-order valence-electron chi connectivity index (χ3n) is 3.38. The lowest BCUT2D eigenvalue weighted by atomic mass is 10.1. The molecule has 1 aromatic heterocycles. The van der Waals surface area contributed by atoms with Gasteiger partial charge in [-0.2, -0.15) is 0 Å². The number of carbonyl (C=O) groups excluding carboxylic acids is 2. The van der Waals surface area contributed by atoms with Crippen LogP contribution in [0.1, 0.15) is 10.4 Å². The Bertz CT molecular complexity index is 877. The molecule has 0 aliphatic heterocycles. The molecule has 0 spiro atoms. The maximum absolute atomic E-state index is 13.1. The van der Waals surface area contributed by atoms with Gasteiger partial charge in [-0.15, -0.1) is 0 Å². The van der Waals surface area contributed by atoms with Crippen LogP contribution in [0.3, 0.4) is 0 Å². The number of amides is 2. The van der Waals surface area contributed by atoms with Crippen LogP contribution in [-0.2, 0) is 4.79 Å². The highest BCUT2D eigenvalue weighted by molar-refractivity contribution is 5.99. The first-order chi connectivity index (χ1) is 12.1. The zero-order chi connectivity index (χ0) is 17.6. The topological polar surface area (TPSA) is 84.2 Å². The minimum atomic E-state index is -0.518. The van der Waals surface area contributed by atoms with E-state index in [0.29, 0.717) is 11.4 Å². The Morgan fingerprint density at radius 2 is 1.92 bits per heavy atom. The number of anilines is 1. The normalized spacial score (nSPS) is 10.3. The largest absolute Gasteiger partial charge is 0.444 e. The second kappa shape index (κ2) is 7.39. The van der Waals surface area contributed by atoms with Crippen molar-refractivity contribution >= 4 is 17.5 Å². The molecule has 7 heteroatoms. The fourth-order valence-corrected chi connectivity index (χ4v) is 2.17. The van der Waals surface area contributed by atoms with Gasteiger partial charge >= 0.3 is 0 Å². The van der Waals surface area contributed by atoms with Crippen LogP contribution < -0.4 is 10.6 Å². The van der Waals surface area contributed by atoms with Crippen LogP contribution in [0.25, 0.3) is 11.3 Å². The van der Waals surface area contributed by atoms with E-state index in [4.69, 9.17) is 4.42 Å². The average Bonchev–Trinajstić information content (AvgIpc) is 3.15. The van der Waals surface area contributed by atoms with E-state index in [9.17, 15) is 14.0 Å². The van der Waals surface area contributed by atoms with E-state index in [2.05, 4.69) is 15.6 Å². The van der Waals surface area contributed by atoms with Crippen molar-refractivity contribution in [3.8, 4) is 11.3 Å². The van der Waals surface area contributed by atoms with Crippen LogP contribution >= 0.6 is 0 Å². The van der Waals surface area contributed by atoms with Crippen LogP contribution in [0, 0.1) is 5.82 Å². The molecule has 0 saturated heterocycles. The molecular formula is C18H14FN3O3. The predicted octanol–water partition coefficient (Wildman–Crippen LogP) is 2.85. The van der Waals surface area contributed by atoms with Gasteiger partial charge in [-0.25, -0.2) is 9.37 Å². The molecule has 0 aliphatic rings. The van der Waals surface area contributed by atoms with Gasteiger partial charge in [0.15, 0.2) is 12.2 Å². The number of oxazole rings is 1. The maximum Gasteiger partial charge on any atom is 0.251 e. The quantitative estimate of drug-likeness (QED) is 0.749. The molecule has 0 saturated carbocycles. The summed E-state index contributed by atoms with van der Waals surface area (Å²) >= 11 is 0. The molecule has 0 radical (unpaired) electrons. The summed E-state index contributed by atoms with van der Waals surface area (Å²) in [5, 5.41) is 5.10. The van der Waals surface area contributed by atoms with Gasteiger partial charge < -0.3 is 15.1 Å². The Hall–Kier alpha value is -3.48. The molecule has 1 heterocycles. The SMILES string of the molecule is O=C(CNC(=O)c1cccc(F)c1)Nc1ccc(-c2cnco2)cc1. The van der Waals surface area contributed by atoms with Gasteiger partial charge in [0.05, 0.1) is 12.7 Å². The summed E-state index contributed by atoms with van der Waals surface area (Å²) in [6.07, 6.45) is 2.93. The lowest BCUT2D eigenvalue weighted by Gasteiger charge is -2.07. The number of nitrogens with zero attached hydrogens (tertiary/aromatic N) is 1. The van der Waals surface area contributed by atoms with Gasteiger partial charge in [0.2, 0.25) is 5.91 Å². The van der Waals surface area contributed by atoms with Crippen molar-refractivity contribution in [2.75, 3.05) is 11.9 Å². The summed E-state index contributed by atoms with van der Waals surface area (Å²) in [5.74, 6) is -0.795. The number of carbonyl (C=O) groups is 2. The minimum absolute atomic E-state index is 0.157. The highest BCUT2D eigenvalue weighted by Gasteiger charge is 2.09. The number of rotatable bonds is 5. The van der Waals surface area contributed by atoms with Gasteiger partial charge in [0, 0.05) is 16.8 Å². The zero-order valence-electron chi connectivity index (χ0n) is 13.0. The summed E-state index contributed by atoms with van der Waals surface area (Å²) in [7, 11) is 0. The monoisotopic (exact) mass is 339 g/mol. The molecule has 126 valence electrons. The van der Waals surface area contributed by atoms with Gasteiger partial charge in [0.1, 0.15) is 5.82 Å². The lowest BCUT2D eigenvalue weighted by Crippen LogP contribution is -2.32. The molecule has 3 aromatic rings. The van der Waals surface area contributed by atoms with E-state index in [1.54, 1.807) is 30.5 Å². The van der Waals surface area contributed by atoms with Crippen LogP contribution in [0.15, 0.2) is 65.5 Å². The Morgan fingerprint density at radius 3 is 2.60 bits per heavy atom. The highest BCUT2D eigenvalue weighted by Crippen LogP contribution is 2.20. The van der Waals surface area contributed by atoms with Crippen LogP contribution in [0.4, 0.5) is 10.1 Å². The van der Waals surface area contributed by atoms with Crippen molar-refractivity contribution in [3.05, 3.63) is 72.5 Å². The van der Waals surface area contributed by atoms with Gasteiger partial charge in [-0.1, -0.05) is 6.07 Å². The third-order valence-corrected chi connectivity index (χ3v) is 3.38. The number of nitrogens with one attached hydrogen (secondary N) is 2. The molecule has 25 heavy (non-hydrogen) atoms. The fraction of sp³-hybridized carbons (Fsp3) is 0.0556. The van der Waals surface area contributed by atoms with Gasteiger partial charge in [-0.05, 0) is 42.5 Å². The molecular weight excluding hydrogens is 325 g/mol. The fourth-order valence-electron chi connectivity index (χ4n) is 2.17. The van der Waals surface area contributed by atoms with Crippen molar-refractivity contribution in [1.29, 1.82) is 0 Å². The maximum atomic E-state index is 13.1. The summed E-state index contributed by atoms with van der Waals surface area (Å²) in [5.41, 5.74) is 1.56. The smallest absolute Gasteiger partial charge is 0.251 e. The zero-order valence-corrected chi connectivity index (χ0v) is 13.0. The van der Waals surface area contributed by atoms with E-state index in [0.717, 1.165) is 11.6 Å². The standard InChI is InChI=1S/C18H14FN3O3/c19-14-3-1-2-13(8-14)18(24)21-10-17(23)22-15-6-4-12(5-7-15)16-9-20-11-25-16/h1-9,11H,10H2,(H,21,24)(H,22,23). The Balaban J connectivity index is 1.53. The van der Waals surface area contributed by atoms with Crippen LogP contribution in [0.2, 0.25) is 0 Å². The molecule has 2 amide bonds. The van der Waals surface area contributed by atoms with Crippen molar-refractivity contribution in [3.63, 3.8) is 0 Å². The first kappa shape index (κ1) is 16.4. The van der Waals surface area contributed by atoms with Crippen molar-refractivity contribution < 1.29 is 18.4 Å². The predicted molar refractivity (Wildman–Crippen MR) is 89.3 cm³/mol. The molecule has 0 bridgehead atoms. The Morgan fingerprint density at radius 1 is 1.12 bits per heavy atom. The minimum Gasteiger partial charge on any atom is -0.444 e. The van der Waals surface area contributed by atoms with Crippen molar-refractivity contribution in [2.45, 2.75) is 0 Å². The number of aromatic nitrogens is 1. The molecule has 0 unspecified atom stereocenters. The molecule has 2 aromatic carbocycles. The number of hydrogen-bond acceptors (Lipinski definition) is 4. The van der Waals surface area contributed by atoms with Gasteiger partial charge in [0.25, 0.3) is 5.91 Å². The molecule has 0 aliphatic carbocycles. The van der Waals surface area contributed by atoms with E-state index in [1.165, 1.54) is 24.6 Å². The summed E-state index contributed by atoms with van der Waals surface area (Å²) in [6.45, 7) is -0.223. The van der Waals surface area contributed by atoms with Gasteiger partial charge in [-0.3, -0.25) is 9.59 Å². The van der Waals surface area contributed by atoms with Crippen molar-refractivity contribution in [2.24, 2.45) is 0 Å². The molecule has 3 rings (SSSR count). The van der Waals surface area contributed by atoms with E-state index >= 15 is 0 Å². The summed E-state index contributed by atoms with van der Waals surface area (Å²) in [6, 6.07) is 12.2. The van der Waals surface area contributed by atoms with Crippen LogP contribution in [0.5, 0.6) is 0 Å². The Kier molecular flexibility index (Phi) is 4.84. The molecule has 6 nitrogen and oxygen atoms in total. The first-order valence-electron chi connectivity index (χ1n) is 7.44. The average molecular weight is 339 g/mol.